The zero-order chi connectivity index (χ0) is 23.7. The molecule has 2 aromatic carbocycles. The first-order valence-corrected chi connectivity index (χ1v) is 11.3. The summed E-state index contributed by atoms with van der Waals surface area (Å²) in [6.07, 6.45) is 2.36. The van der Waals surface area contributed by atoms with E-state index in [0.29, 0.717) is 30.1 Å². The highest BCUT2D eigenvalue weighted by Crippen LogP contribution is 2.42. The van der Waals surface area contributed by atoms with Crippen LogP contribution in [-0.2, 0) is 19.1 Å². The fraction of sp³-hybridized carbons (Fsp3) is 0.385. The second-order valence-electron chi connectivity index (χ2n) is 9.12. The molecule has 7 heteroatoms. The Labute approximate surface area is 193 Å². The maximum absolute atomic E-state index is 12.9. The topological polar surface area (TPSA) is 92.8 Å². The minimum absolute atomic E-state index is 0.176. The number of amides is 3. The molecular weight excluding hydrogens is 420 g/mol. The number of nitrogens with one attached hydrogen (secondary N) is 1. The van der Waals surface area contributed by atoms with Gasteiger partial charge in [-0.05, 0) is 80.5 Å². The lowest BCUT2D eigenvalue weighted by Gasteiger charge is -2.25. The number of hydrogen-bond donors (Lipinski definition) is 1. The molecular formula is C26H28N2O5. The van der Waals surface area contributed by atoms with Gasteiger partial charge in [-0.1, -0.05) is 19.1 Å². The lowest BCUT2D eigenvalue weighted by Crippen LogP contribution is -2.31. The van der Waals surface area contributed by atoms with Gasteiger partial charge in [0.2, 0.25) is 11.8 Å². The fourth-order valence-electron chi connectivity index (χ4n) is 4.65. The SMILES string of the molecule is Cc1ccc(NC(=O)COC(=O)c2cccc(N3C(=O)[C@H]4C[C@H](C)CC[C@H]4C3=O)c2)cc1C. The van der Waals surface area contributed by atoms with Crippen LogP contribution in [0.25, 0.3) is 0 Å². The van der Waals surface area contributed by atoms with Gasteiger partial charge in [0, 0.05) is 5.69 Å². The zero-order valence-electron chi connectivity index (χ0n) is 19.1. The standard InChI is InChI=1S/C26H28N2O5/c1-15-7-10-21-22(11-15)25(31)28(24(21)30)20-6-4-5-18(13-20)26(32)33-14-23(29)27-19-9-8-16(2)17(3)12-19/h4-6,8-9,12-13,15,21-22H,7,10-11,14H2,1-3H3,(H,27,29)/t15-,21-,22+/m1/s1. The predicted molar refractivity (Wildman–Crippen MR) is 124 cm³/mol. The summed E-state index contributed by atoms with van der Waals surface area (Å²) in [4.78, 5) is 51.8. The summed E-state index contributed by atoms with van der Waals surface area (Å²) < 4.78 is 5.16. The van der Waals surface area contributed by atoms with Crippen LogP contribution >= 0.6 is 0 Å². The van der Waals surface area contributed by atoms with Gasteiger partial charge in [0.1, 0.15) is 0 Å². The molecule has 1 heterocycles. The number of esters is 1. The molecule has 0 spiro atoms. The molecule has 1 aliphatic heterocycles. The van der Waals surface area contributed by atoms with Crippen molar-refractivity contribution in [2.24, 2.45) is 17.8 Å². The molecule has 1 saturated carbocycles. The molecule has 2 fully saturated rings. The van der Waals surface area contributed by atoms with Crippen molar-refractivity contribution in [3.8, 4) is 0 Å². The molecule has 0 aromatic heterocycles. The van der Waals surface area contributed by atoms with Crippen LogP contribution in [-0.4, -0.2) is 30.3 Å². The molecule has 1 saturated heterocycles. The third kappa shape index (κ3) is 4.67. The zero-order valence-corrected chi connectivity index (χ0v) is 19.1. The number of hydrogen-bond acceptors (Lipinski definition) is 5. The summed E-state index contributed by atoms with van der Waals surface area (Å²) in [5.41, 5.74) is 3.32. The number of imide groups is 1. The van der Waals surface area contributed by atoms with Crippen LogP contribution in [0.2, 0.25) is 0 Å². The van der Waals surface area contributed by atoms with E-state index in [1.54, 1.807) is 18.2 Å². The van der Waals surface area contributed by atoms with Gasteiger partial charge in [-0.15, -0.1) is 0 Å². The molecule has 7 nitrogen and oxygen atoms in total. The summed E-state index contributed by atoms with van der Waals surface area (Å²) in [5, 5.41) is 2.70. The Balaban J connectivity index is 1.40. The number of carbonyl (C=O) groups excluding carboxylic acids is 4. The molecule has 2 aromatic rings. The molecule has 2 aliphatic rings. The molecule has 0 unspecified atom stereocenters. The Hall–Kier alpha value is -3.48. The van der Waals surface area contributed by atoms with Gasteiger partial charge < -0.3 is 10.1 Å². The molecule has 1 N–H and O–H groups in total. The molecule has 1 aliphatic carbocycles. The average Bonchev–Trinajstić information content (AvgIpc) is 3.04. The van der Waals surface area contributed by atoms with Crippen LogP contribution < -0.4 is 10.2 Å². The van der Waals surface area contributed by atoms with Crippen LogP contribution in [0.15, 0.2) is 42.5 Å². The Bertz CT molecular complexity index is 1130. The average molecular weight is 449 g/mol. The highest BCUT2D eigenvalue weighted by atomic mass is 16.5. The van der Waals surface area contributed by atoms with Gasteiger partial charge in [-0.3, -0.25) is 19.3 Å². The van der Waals surface area contributed by atoms with Crippen molar-refractivity contribution < 1.29 is 23.9 Å². The van der Waals surface area contributed by atoms with E-state index in [4.69, 9.17) is 4.74 Å². The van der Waals surface area contributed by atoms with Crippen LogP contribution in [0.5, 0.6) is 0 Å². The lowest BCUT2D eigenvalue weighted by molar-refractivity contribution is -0.122. The Morgan fingerprint density at radius 2 is 1.76 bits per heavy atom. The van der Waals surface area contributed by atoms with E-state index in [-0.39, 0.29) is 29.2 Å². The van der Waals surface area contributed by atoms with Crippen molar-refractivity contribution in [1.82, 2.24) is 0 Å². The molecule has 3 amide bonds. The van der Waals surface area contributed by atoms with Gasteiger partial charge in [0.15, 0.2) is 6.61 Å². The van der Waals surface area contributed by atoms with Gasteiger partial charge in [-0.2, -0.15) is 0 Å². The Morgan fingerprint density at radius 3 is 2.52 bits per heavy atom. The highest BCUT2D eigenvalue weighted by Gasteiger charge is 2.50. The third-order valence-electron chi connectivity index (χ3n) is 6.65. The Kier molecular flexibility index (Phi) is 6.31. The van der Waals surface area contributed by atoms with E-state index in [2.05, 4.69) is 12.2 Å². The molecule has 0 bridgehead atoms. The maximum atomic E-state index is 12.9. The minimum Gasteiger partial charge on any atom is -0.452 e. The van der Waals surface area contributed by atoms with Gasteiger partial charge in [0.05, 0.1) is 23.1 Å². The number of nitrogens with zero attached hydrogens (tertiary/aromatic N) is 1. The van der Waals surface area contributed by atoms with E-state index < -0.39 is 18.5 Å². The first-order valence-electron chi connectivity index (χ1n) is 11.3. The number of rotatable bonds is 5. The second kappa shape index (κ2) is 9.17. The fourth-order valence-corrected chi connectivity index (χ4v) is 4.65. The molecule has 3 atom stereocenters. The van der Waals surface area contributed by atoms with Crippen LogP contribution in [0, 0.1) is 31.6 Å². The maximum Gasteiger partial charge on any atom is 0.338 e. The van der Waals surface area contributed by atoms with E-state index in [0.717, 1.165) is 17.5 Å². The van der Waals surface area contributed by atoms with Gasteiger partial charge in [0.25, 0.3) is 5.91 Å². The number of benzene rings is 2. The van der Waals surface area contributed by atoms with Gasteiger partial charge in [-0.25, -0.2) is 4.79 Å². The van der Waals surface area contributed by atoms with E-state index in [1.165, 1.54) is 17.0 Å². The largest absolute Gasteiger partial charge is 0.452 e. The van der Waals surface area contributed by atoms with Crippen molar-refractivity contribution in [2.45, 2.75) is 40.0 Å². The minimum atomic E-state index is -0.697. The third-order valence-corrected chi connectivity index (χ3v) is 6.65. The molecule has 4 rings (SSSR count). The van der Waals surface area contributed by atoms with Crippen molar-refractivity contribution in [3.63, 3.8) is 0 Å². The lowest BCUT2D eigenvalue weighted by atomic mass is 9.76. The Morgan fingerprint density at radius 1 is 1.00 bits per heavy atom. The summed E-state index contributed by atoms with van der Waals surface area (Å²) in [6.45, 7) is 5.58. The van der Waals surface area contributed by atoms with E-state index >= 15 is 0 Å². The summed E-state index contributed by atoms with van der Waals surface area (Å²) in [5.74, 6) is -1.70. The van der Waals surface area contributed by atoms with Crippen molar-refractivity contribution in [1.29, 1.82) is 0 Å². The predicted octanol–water partition coefficient (Wildman–Crippen LogP) is 4.02. The van der Waals surface area contributed by atoms with E-state index in [9.17, 15) is 19.2 Å². The van der Waals surface area contributed by atoms with Crippen molar-refractivity contribution in [3.05, 3.63) is 59.2 Å². The molecule has 33 heavy (non-hydrogen) atoms. The summed E-state index contributed by atoms with van der Waals surface area (Å²) in [7, 11) is 0. The number of carbonyl (C=O) groups is 4. The summed E-state index contributed by atoms with van der Waals surface area (Å²) in [6, 6.07) is 11.8. The second-order valence-corrected chi connectivity index (χ2v) is 9.12. The van der Waals surface area contributed by atoms with E-state index in [1.807, 2.05) is 26.0 Å². The molecule has 0 radical (unpaired) electrons. The highest BCUT2D eigenvalue weighted by molar-refractivity contribution is 6.22. The normalized spacial score (nSPS) is 22.2. The number of ether oxygens (including phenoxy) is 1. The van der Waals surface area contributed by atoms with Gasteiger partial charge >= 0.3 is 5.97 Å². The van der Waals surface area contributed by atoms with Crippen LogP contribution in [0.4, 0.5) is 11.4 Å². The van der Waals surface area contributed by atoms with Crippen molar-refractivity contribution >= 4 is 35.1 Å². The number of fused-ring (bicyclic) bond motifs is 1. The smallest absolute Gasteiger partial charge is 0.338 e. The first kappa shape index (κ1) is 22.7. The van der Waals surface area contributed by atoms with Crippen LogP contribution in [0.3, 0.4) is 0 Å². The summed E-state index contributed by atoms with van der Waals surface area (Å²) >= 11 is 0. The first-order chi connectivity index (χ1) is 15.7. The van der Waals surface area contributed by atoms with Crippen molar-refractivity contribution in [2.75, 3.05) is 16.8 Å². The van der Waals surface area contributed by atoms with Crippen LogP contribution in [0.1, 0.15) is 47.7 Å². The molecule has 172 valence electrons. The monoisotopic (exact) mass is 448 g/mol. The number of anilines is 2. The number of aryl methyl sites for hydroxylation is 2. The quantitative estimate of drug-likeness (QED) is 0.551.